The normalized spacial score (nSPS) is 11.7. The highest BCUT2D eigenvalue weighted by Crippen LogP contribution is 2.39. The minimum absolute atomic E-state index is 0.279. The number of para-hydroxylation sites is 1. The van der Waals surface area contributed by atoms with E-state index in [0.29, 0.717) is 29.1 Å². The zero-order chi connectivity index (χ0) is 23.9. The van der Waals surface area contributed by atoms with Crippen LogP contribution in [0.5, 0.6) is 11.5 Å². The van der Waals surface area contributed by atoms with Crippen LogP contribution in [0.25, 0.3) is 5.69 Å². The van der Waals surface area contributed by atoms with Gasteiger partial charge in [0.1, 0.15) is 17.7 Å². The van der Waals surface area contributed by atoms with Crippen molar-refractivity contribution in [3.05, 3.63) is 106 Å². The monoisotopic (exact) mass is 476 g/mol. The lowest BCUT2D eigenvalue weighted by molar-refractivity contribution is -0.479. The Hall–Kier alpha value is -3.85. The number of nitrogens with zero attached hydrogens (tertiary/aromatic N) is 4. The van der Waals surface area contributed by atoms with Crippen molar-refractivity contribution in [1.29, 1.82) is 0 Å². The summed E-state index contributed by atoms with van der Waals surface area (Å²) in [4.78, 5) is 11.2. The summed E-state index contributed by atoms with van der Waals surface area (Å²) in [6, 6.07) is 24.9. The molecule has 174 valence electrons. The van der Waals surface area contributed by atoms with E-state index in [2.05, 4.69) is 10.2 Å². The molecule has 9 heteroatoms. The van der Waals surface area contributed by atoms with E-state index in [1.165, 1.54) is 11.8 Å². The van der Waals surface area contributed by atoms with Crippen molar-refractivity contribution < 1.29 is 14.4 Å². The van der Waals surface area contributed by atoms with Crippen molar-refractivity contribution in [1.82, 2.24) is 14.8 Å². The Labute approximate surface area is 201 Å². The van der Waals surface area contributed by atoms with Crippen LogP contribution >= 0.6 is 11.8 Å². The second kappa shape index (κ2) is 10.8. The lowest BCUT2D eigenvalue weighted by Crippen LogP contribution is -2.11. The van der Waals surface area contributed by atoms with Crippen LogP contribution in [-0.4, -0.2) is 33.3 Å². The highest BCUT2D eigenvalue weighted by Gasteiger charge is 2.25. The van der Waals surface area contributed by atoms with Crippen LogP contribution in [0.15, 0.2) is 84.0 Å². The first-order chi connectivity index (χ1) is 16.5. The summed E-state index contributed by atoms with van der Waals surface area (Å²) in [7, 11) is 1.56. The van der Waals surface area contributed by atoms with E-state index in [-0.39, 0.29) is 11.5 Å². The van der Waals surface area contributed by atoms with E-state index in [4.69, 9.17) is 9.47 Å². The minimum Gasteiger partial charge on any atom is -0.493 e. The third kappa shape index (κ3) is 5.55. The molecule has 0 saturated heterocycles. The van der Waals surface area contributed by atoms with E-state index in [0.717, 1.165) is 16.8 Å². The summed E-state index contributed by atoms with van der Waals surface area (Å²) >= 11 is 1.30. The van der Waals surface area contributed by atoms with Gasteiger partial charge >= 0.3 is 0 Å². The Morgan fingerprint density at radius 2 is 1.71 bits per heavy atom. The second-order valence-electron chi connectivity index (χ2n) is 7.51. The Kier molecular flexibility index (Phi) is 7.44. The number of hydrogen-bond acceptors (Lipinski definition) is 7. The van der Waals surface area contributed by atoms with Gasteiger partial charge < -0.3 is 9.47 Å². The van der Waals surface area contributed by atoms with Crippen LogP contribution in [0.4, 0.5) is 0 Å². The Morgan fingerprint density at radius 1 is 1.00 bits per heavy atom. The van der Waals surface area contributed by atoms with Crippen molar-refractivity contribution in [3.8, 4) is 17.2 Å². The van der Waals surface area contributed by atoms with Crippen molar-refractivity contribution in [3.63, 3.8) is 0 Å². The van der Waals surface area contributed by atoms with Gasteiger partial charge in [0.2, 0.25) is 6.54 Å². The third-order valence-electron chi connectivity index (χ3n) is 5.17. The zero-order valence-electron chi connectivity index (χ0n) is 18.8. The van der Waals surface area contributed by atoms with E-state index < -0.39 is 5.25 Å². The average Bonchev–Trinajstić information content (AvgIpc) is 3.22. The maximum absolute atomic E-state index is 11.5. The fourth-order valence-electron chi connectivity index (χ4n) is 3.51. The van der Waals surface area contributed by atoms with Gasteiger partial charge in [-0.2, -0.15) is 0 Å². The number of hydrogen-bond donors (Lipinski definition) is 0. The Balaban J connectivity index is 1.60. The largest absolute Gasteiger partial charge is 0.493 e. The van der Waals surface area contributed by atoms with Crippen molar-refractivity contribution in [2.45, 2.75) is 23.9 Å². The van der Waals surface area contributed by atoms with E-state index in [1.807, 2.05) is 78.2 Å². The molecule has 1 aromatic heterocycles. The van der Waals surface area contributed by atoms with Crippen LogP contribution in [0.3, 0.4) is 0 Å². The molecule has 0 radical (unpaired) electrons. The molecule has 3 aromatic carbocycles. The Morgan fingerprint density at radius 3 is 2.38 bits per heavy atom. The summed E-state index contributed by atoms with van der Waals surface area (Å²) in [5, 5.41) is 20.1. The first-order valence-electron chi connectivity index (χ1n) is 10.7. The summed E-state index contributed by atoms with van der Waals surface area (Å²) in [6.07, 6.45) is 0. The van der Waals surface area contributed by atoms with E-state index >= 15 is 0 Å². The molecule has 0 aliphatic heterocycles. The summed E-state index contributed by atoms with van der Waals surface area (Å²) in [6.45, 7) is 1.97. The molecule has 4 rings (SSSR count). The SMILES string of the molecule is COc1cc([C@@H](C[N+](=O)[O-])Sc2nnc(C)n2-c2ccccc2)ccc1OCc1ccccc1. The summed E-state index contributed by atoms with van der Waals surface area (Å²) < 4.78 is 13.4. The number of thioether (sulfide) groups is 1. The number of aryl methyl sites for hydroxylation is 1. The molecule has 0 saturated carbocycles. The minimum atomic E-state index is -0.502. The predicted octanol–water partition coefficient (Wildman–Crippen LogP) is 5.27. The second-order valence-corrected chi connectivity index (χ2v) is 8.68. The fraction of sp³-hybridized carbons (Fsp3) is 0.200. The average molecular weight is 477 g/mol. The highest BCUT2D eigenvalue weighted by atomic mass is 32.2. The fourth-order valence-corrected chi connectivity index (χ4v) is 4.67. The van der Waals surface area contributed by atoms with Crippen LogP contribution in [0, 0.1) is 17.0 Å². The molecule has 0 fully saturated rings. The van der Waals surface area contributed by atoms with Crippen LogP contribution in [0.2, 0.25) is 0 Å². The van der Waals surface area contributed by atoms with Gasteiger partial charge in [0.05, 0.1) is 7.11 Å². The summed E-state index contributed by atoms with van der Waals surface area (Å²) in [5.74, 6) is 1.79. The molecular weight excluding hydrogens is 452 g/mol. The van der Waals surface area contributed by atoms with Gasteiger partial charge in [-0.1, -0.05) is 66.4 Å². The molecule has 0 bridgehead atoms. The predicted molar refractivity (Wildman–Crippen MR) is 130 cm³/mol. The molecule has 0 aliphatic rings. The van der Waals surface area contributed by atoms with Crippen LogP contribution < -0.4 is 9.47 Å². The van der Waals surface area contributed by atoms with Crippen molar-refractivity contribution in [2.24, 2.45) is 0 Å². The van der Waals surface area contributed by atoms with Crippen molar-refractivity contribution >= 4 is 11.8 Å². The van der Waals surface area contributed by atoms with E-state index in [1.54, 1.807) is 19.2 Å². The third-order valence-corrected chi connectivity index (χ3v) is 6.35. The number of rotatable bonds is 10. The molecule has 34 heavy (non-hydrogen) atoms. The molecule has 0 amide bonds. The quantitative estimate of drug-likeness (QED) is 0.175. The smallest absolute Gasteiger partial charge is 0.220 e. The molecule has 0 N–H and O–H groups in total. The maximum Gasteiger partial charge on any atom is 0.220 e. The topological polar surface area (TPSA) is 92.3 Å². The molecular formula is C25H24N4O4S. The number of methoxy groups -OCH3 is 1. The summed E-state index contributed by atoms with van der Waals surface area (Å²) in [5.41, 5.74) is 2.67. The standard InChI is InChI=1S/C25H24N4O4S/c1-18-26-27-25(29(18)21-11-7-4-8-12-21)34-24(16-28(30)31)20-13-14-22(23(15-20)32-2)33-17-19-9-5-3-6-10-19/h3-15,24H,16-17H2,1-2H3/t24-/m1/s1. The number of nitro groups is 1. The van der Waals surface area contributed by atoms with Crippen LogP contribution in [-0.2, 0) is 6.61 Å². The maximum atomic E-state index is 11.5. The van der Waals surface area contributed by atoms with Gasteiger partial charge in [-0.15, -0.1) is 10.2 Å². The first-order valence-corrected chi connectivity index (χ1v) is 11.5. The molecule has 1 atom stereocenters. The van der Waals surface area contributed by atoms with Gasteiger partial charge in [0, 0.05) is 10.6 Å². The van der Waals surface area contributed by atoms with Gasteiger partial charge in [-0.3, -0.25) is 14.7 Å². The lowest BCUT2D eigenvalue weighted by Gasteiger charge is -2.17. The zero-order valence-corrected chi connectivity index (χ0v) is 19.6. The first kappa shape index (κ1) is 23.3. The molecule has 0 spiro atoms. The van der Waals surface area contributed by atoms with Gasteiger partial charge in [0.15, 0.2) is 16.7 Å². The molecule has 0 unspecified atom stereocenters. The van der Waals surface area contributed by atoms with Crippen molar-refractivity contribution in [2.75, 3.05) is 13.7 Å². The number of benzene rings is 3. The van der Waals surface area contributed by atoms with Crippen LogP contribution in [0.1, 0.15) is 22.2 Å². The van der Waals surface area contributed by atoms with Gasteiger partial charge in [-0.25, -0.2) is 0 Å². The van der Waals surface area contributed by atoms with E-state index in [9.17, 15) is 10.1 Å². The molecule has 8 nitrogen and oxygen atoms in total. The molecule has 1 heterocycles. The number of aromatic nitrogens is 3. The lowest BCUT2D eigenvalue weighted by atomic mass is 10.1. The molecule has 4 aromatic rings. The Bertz CT molecular complexity index is 1250. The molecule has 0 aliphatic carbocycles. The highest BCUT2D eigenvalue weighted by molar-refractivity contribution is 7.99. The number of ether oxygens (including phenoxy) is 2. The van der Waals surface area contributed by atoms with Gasteiger partial charge in [0.25, 0.3) is 0 Å². The van der Waals surface area contributed by atoms with Gasteiger partial charge in [-0.05, 0) is 42.3 Å².